The predicted octanol–water partition coefficient (Wildman–Crippen LogP) is 1.24. The summed E-state index contributed by atoms with van der Waals surface area (Å²) in [6, 6.07) is 7.74. The normalized spacial score (nSPS) is 21.1. The van der Waals surface area contributed by atoms with Gasteiger partial charge >= 0.3 is 5.69 Å². The smallest absolute Gasteiger partial charge is 0.323 e. The lowest BCUT2D eigenvalue weighted by Crippen LogP contribution is -2.50. The molecular weight excluding hydrogens is 358 g/mol. The molecule has 0 aliphatic carbocycles. The quantitative estimate of drug-likeness (QED) is 0.701. The van der Waals surface area contributed by atoms with Crippen LogP contribution in [0.4, 0.5) is 0 Å². The molecule has 0 unspecified atom stereocenters. The minimum absolute atomic E-state index is 0.00592. The van der Waals surface area contributed by atoms with Crippen LogP contribution in [0.25, 0.3) is 10.9 Å². The van der Waals surface area contributed by atoms with Gasteiger partial charge in [-0.25, -0.2) is 4.79 Å². The lowest BCUT2D eigenvalue weighted by Gasteiger charge is -2.34. The fraction of sp³-hybridized carbons (Fsp3) is 0.350. The molecule has 1 aromatic carbocycles. The van der Waals surface area contributed by atoms with Gasteiger partial charge in [-0.2, -0.15) is 0 Å². The van der Waals surface area contributed by atoms with E-state index in [2.05, 4.69) is 9.97 Å². The Morgan fingerprint density at radius 3 is 2.39 bits per heavy atom. The lowest BCUT2D eigenvalue weighted by atomic mass is 10.1. The van der Waals surface area contributed by atoms with Gasteiger partial charge < -0.3 is 24.3 Å². The molecule has 2 aliphatic rings. The molecule has 28 heavy (non-hydrogen) atoms. The van der Waals surface area contributed by atoms with Gasteiger partial charge in [0.05, 0.1) is 12.1 Å². The van der Waals surface area contributed by atoms with Crippen LogP contribution < -0.4 is 5.69 Å². The Bertz CT molecular complexity index is 1170. The van der Waals surface area contributed by atoms with Crippen LogP contribution >= 0.6 is 0 Å². The highest BCUT2D eigenvalue weighted by molar-refractivity contribution is 6.07. The van der Waals surface area contributed by atoms with Crippen molar-refractivity contribution in [2.75, 3.05) is 13.1 Å². The molecule has 8 heteroatoms. The zero-order chi connectivity index (χ0) is 19.6. The number of aryl methyl sites for hydroxylation is 2. The topological polar surface area (TPSA) is 94.2 Å². The molecule has 3 aromatic rings. The molecule has 2 N–H and O–H groups in total. The number of carbonyl (C=O) groups is 2. The van der Waals surface area contributed by atoms with E-state index in [0.717, 1.165) is 17.3 Å². The molecule has 2 aromatic heterocycles. The van der Waals surface area contributed by atoms with Gasteiger partial charge in [-0.1, -0.05) is 6.07 Å². The van der Waals surface area contributed by atoms with Crippen molar-refractivity contribution in [2.24, 2.45) is 7.05 Å². The molecule has 2 saturated heterocycles. The van der Waals surface area contributed by atoms with E-state index in [1.54, 1.807) is 11.8 Å². The zero-order valence-corrected chi connectivity index (χ0v) is 15.7. The third-order valence-corrected chi connectivity index (χ3v) is 6.05. The number of piperazine rings is 1. The van der Waals surface area contributed by atoms with Crippen LogP contribution in [0.15, 0.2) is 35.3 Å². The summed E-state index contributed by atoms with van der Waals surface area (Å²) in [5.41, 5.74) is 2.21. The third-order valence-electron chi connectivity index (χ3n) is 6.05. The molecule has 5 rings (SSSR count). The molecule has 2 amide bonds. The maximum absolute atomic E-state index is 13.2. The first-order chi connectivity index (χ1) is 13.4. The van der Waals surface area contributed by atoms with Gasteiger partial charge in [0.2, 0.25) is 0 Å². The highest BCUT2D eigenvalue weighted by atomic mass is 16.2. The molecule has 4 heterocycles. The van der Waals surface area contributed by atoms with Crippen molar-refractivity contribution < 1.29 is 9.59 Å². The maximum atomic E-state index is 13.2. The summed E-state index contributed by atoms with van der Waals surface area (Å²) in [7, 11) is 1.96. The number of aromatic amines is 2. The van der Waals surface area contributed by atoms with Crippen LogP contribution in [0.1, 0.15) is 33.0 Å². The summed E-state index contributed by atoms with van der Waals surface area (Å²) in [6.45, 7) is 2.72. The average Bonchev–Trinajstić information content (AvgIpc) is 3.44. The van der Waals surface area contributed by atoms with E-state index >= 15 is 0 Å². The van der Waals surface area contributed by atoms with Gasteiger partial charge in [0.1, 0.15) is 5.69 Å². The van der Waals surface area contributed by atoms with Crippen LogP contribution in [0.3, 0.4) is 0 Å². The number of rotatable bonds is 2. The fourth-order valence-electron chi connectivity index (χ4n) is 4.64. The van der Waals surface area contributed by atoms with Gasteiger partial charge in [0.15, 0.2) is 0 Å². The average molecular weight is 379 g/mol. The first-order valence-electron chi connectivity index (χ1n) is 9.39. The number of fused-ring (bicyclic) bond motifs is 3. The summed E-state index contributed by atoms with van der Waals surface area (Å²) >= 11 is 0. The molecule has 2 atom stereocenters. The largest absolute Gasteiger partial charge is 0.351 e. The summed E-state index contributed by atoms with van der Waals surface area (Å²) in [4.78, 5) is 46.4. The Balaban J connectivity index is 1.38. The summed E-state index contributed by atoms with van der Waals surface area (Å²) in [5.74, 6) is -0.164. The molecule has 2 bridgehead atoms. The van der Waals surface area contributed by atoms with E-state index in [0.29, 0.717) is 30.0 Å². The minimum Gasteiger partial charge on any atom is -0.351 e. The first kappa shape index (κ1) is 16.9. The molecular formula is C20H21N5O3. The van der Waals surface area contributed by atoms with Crippen LogP contribution in [-0.4, -0.2) is 61.3 Å². The standard InChI is InChI=1S/C20H21N5O3/c1-11-17(22-20(28)21-11)19(27)25-10-12-8-13(25)9-24(12)18(26)15-4-3-5-16-14(15)6-7-23(16)2/h3-7,12-13H,8-10H2,1-2H3,(H2,21,22,28)/t12-,13-/m0/s1. The molecule has 0 saturated carbocycles. The summed E-state index contributed by atoms with van der Waals surface area (Å²) in [6.07, 6.45) is 2.73. The first-order valence-corrected chi connectivity index (χ1v) is 9.39. The van der Waals surface area contributed by atoms with Crippen LogP contribution in [0.2, 0.25) is 0 Å². The number of nitrogens with zero attached hydrogens (tertiary/aromatic N) is 3. The van der Waals surface area contributed by atoms with Crippen molar-refractivity contribution in [3.05, 3.63) is 57.9 Å². The number of amides is 2. The second-order valence-corrected chi connectivity index (χ2v) is 7.70. The molecule has 2 fully saturated rings. The Labute approximate surface area is 160 Å². The van der Waals surface area contributed by atoms with Crippen molar-refractivity contribution in [3.8, 4) is 0 Å². The lowest BCUT2D eigenvalue weighted by molar-refractivity contribution is 0.0524. The highest BCUT2D eigenvalue weighted by Crippen LogP contribution is 2.34. The van der Waals surface area contributed by atoms with E-state index < -0.39 is 0 Å². The molecule has 0 spiro atoms. The Morgan fingerprint density at radius 1 is 1.04 bits per heavy atom. The van der Waals surface area contributed by atoms with E-state index in [1.165, 1.54) is 0 Å². The number of nitrogens with one attached hydrogen (secondary N) is 2. The predicted molar refractivity (Wildman–Crippen MR) is 103 cm³/mol. The van der Waals surface area contributed by atoms with Crippen LogP contribution in [0, 0.1) is 6.92 Å². The van der Waals surface area contributed by atoms with E-state index in [9.17, 15) is 14.4 Å². The maximum Gasteiger partial charge on any atom is 0.323 e. The minimum atomic E-state index is -0.377. The van der Waals surface area contributed by atoms with Gasteiger partial charge in [-0.3, -0.25) is 9.59 Å². The van der Waals surface area contributed by atoms with Crippen LogP contribution in [0.5, 0.6) is 0 Å². The van der Waals surface area contributed by atoms with Crippen molar-refractivity contribution in [2.45, 2.75) is 25.4 Å². The van der Waals surface area contributed by atoms with Gasteiger partial charge in [-0.15, -0.1) is 0 Å². The van der Waals surface area contributed by atoms with Crippen molar-refractivity contribution in [1.82, 2.24) is 24.3 Å². The number of aromatic nitrogens is 3. The number of hydrogen-bond acceptors (Lipinski definition) is 3. The second kappa shape index (κ2) is 5.85. The number of H-pyrrole nitrogens is 2. The van der Waals surface area contributed by atoms with Crippen LogP contribution in [-0.2, 0) is 7.05 Å². The van der Waals surface area contributed by atoms with E-state index in [4.69, 9.17) is 0 Å². The molecule has 2 aliphatic heterocycles. The van der Waals surface area contributed by atoms with Crippen molar-refractivity contribution in [3.63, 3.8) is 0 Å². The second-order valence-electron chi connectivity index (χ2n) is 7.70. The Kier molecular flexibility index (Phi) is 3.52. The molecule has 8 nitrogen and oxygen atoms in total. The molecule has 0 radical (unpaired) electrons. The van der Waals surface area contributed by atoms with Gasteiger partial charge in [0, 0.05) is 48.5 Å². The summed E-state index contributed by atoms with van der Waals surface area (Å²) < 4.78 is 2.00. The van der Waals surface area contributed by atoms with Gasteiger partial charge in [0.25, 0.3) is 11.8 Å². The van der Waals surface area contributed by atoms with Crippen molar-refractivity contribution >= 4 is 22.7 Å². The van der Waals surface area contributed by atoms with Crippen molar-refractivity contribution in [1.29, 1.82) is 0 Å². The Hall–Kier alpha value is -3.29. The number of likely N-dealkylation sites (tertiary alicyclic amines) is 2. The zero-order valence-electron chi connectivity index (χ0n) is 15.7. The number of hydrogen-bond donors (Lipinski definition) is 2. The SMILES string of the molecule is Cc1[nH]c(=O)[nH]c1C(=O)N1C[C@@H]2C[C@H]1CN2C(=O)c1cccc2c1ccn2C. The van der Waals surface area contributed by atoms with Gasteiger partial charge in [-0.05, 0) is 31.5 Å². The number of benzene rings is 1. The van der Waals surface area contributed by atoms with E-state index in [-0.39, 0.29) is 29.6 Å². The third kappa shape index (κ3) is 2.33. The van der Waals surface area contributed by atoms with E-state index in [1.807, 2.05) is 47.0 Å². The number of carbonyl (C=O) groups excluding carboxylic acids is 2. The Morgan fingerprint density at radius 2 is 1.75 bits per heavy atom. The number of imidazole rings is 1. The molecule has 144 valence electrons. The highest BCUT2D eigenvalue weighted by Gasteiger charge is 2.47. The monoisotopic (exact) mass is 379 g/mol. The summed E-state index contributed by atoms with van der Waals surface area (Å²) in [5, 5.41) is 0.950. The fourth-order valence-corrected chi connectivity index (χ4v) is 4.64.